The minimum atomic E-state index is -0.825. The Bertz CT molecular complexity index is 1160. The molecule has 37 heavy (non-hydrogen) atoms. The monoisotopic (exact) mass is 505 g/mol. The van der Waals surface area contributed by atoms with Gasteiger partial charge in [0.25, 0.3) is 0 Å². The van der Waals surface area contributed by atoms with E-state index < -0.39 is 5.79 Å². The molecule has 0 aromatic heterocycles. The fourth-order valence-electron chi connectivity index (χ4n) is 8.30. The van der Waals surface area contributed by atoms with Gasteiger partial charge >= 0.3 is 0 Å². The molecule has 3 fully saturated rings. The topological polar surface area (TPSA) is 49.4 Å². The molecule has 1 spiro atoms. The average Bonchev–Trinajstić information content (AvgIpc) is 3.68. The van der Waals surface area contributed by atoms with E-state index in [0.717, 1.165) is 55.2 Å². The van der Waals surface area contributed by atoms with E-state index in [2.05, 4.69) is 36.1 Å². The van der Waals surface area contributed by atoms with Crippen molar-refractivity contribution in [1.29, 1.82) is 0 Å². The van der Waals surface area contributed by atoms with Gasteiger partial charge in [0.2, 0.25) is 5.79 Å². The molecule has 198 valence electrons. The van der Waals surface area contributed by atoms with Crippen LogP contribution in [0.4, 0.5) is 0 Å². The number of methoxy groups -OCH3 is 2. The van der Waals surface area contributed by atoms with Crippen LogP contribution in [0, 0.1) is 5.92 Å². The summed E-state index contributed by atoms with van der Waals surface area (Å²) in [7, 11) is 3.52. The Hall–Kier alpha value is -2.12. The Labute approximate surface area is 220 Å². The van der Waals surface area contributed by atoms with Gasteiger partial charge < -0.3 is 23.7 Å². The van der Waals surface area contributed by atoms with Gasteiger partial charge in [0.1, 0.15) is 6.61 Å². The van der Waals surface area contributed by atoms with Crippen LogP contribution >= 0.6 is 0 Å². The Morgan fingerprint density at radius 3 is 2.54 bits per heavy atom. The molecule has 4 atom stereocenters. The minimum absolute atomic E-state index is 0.295. The van der Waals surface area contributed by atoms with Crippen molar-refractivity contribution in [1.82, 2.24) is 4.90 Å². The van der Waals surface area contributed by atoms with Crippen LogP contribution in [0.1, 0.15) is 55.7 Å². The highest BCUT2D eigenvalue weighted by atomic mass is 16.7. The third-order valence-corrected chi connectivity index (χ3v) is 10.0. The summed E-state index contributed by atoms with van der Waals surface area (Å²) in [5.74, 6) is 1.69. The first-order valence-electron chi connectivity index (χ1n) is 14.1. The number of hydrogen-bond acceptors (Lipinski definition) is 6. The van der Waals surface area contributed by atoms with Crippen molar-refractivity contribution in [2.24, 2.45) is 5.92 Å². The Kier molecular flexibility index (Phi) is 5.63. The summed E-state index contributed by atoms with van der Waals surface area (Å²) in [6.07, 6.45) is 6.01. The largest absolute Gasteiger partial charge is 0.485 e. The molecule has 2 aliphatic heterocycles. The van der Waals surface area contributed by atoms with Crippen molar-refractivity contribution in [3.63, 3.8) is 0 Å². The van der Waals surface area contributed by atoms with Crippen LogP contribution in [0.15, 0.2) is 42.5 Å². The number of likely N-dealkylation sites (tertiary alicyclic amines) is 1. The van der Waals surface area contributed by atoms with E-state index in [-0.39, 0.29) is 17.1 Å². The fourth-order valence-corrected chi connectivity index (χ4v) is 8.30. The van der Waals surface area contributed by atoms with Crippen molar-refractivity contribution in [2.75, 3.05) is 33.9 Å². The molecule has 0 radical (unpaired) electrons. The summed E-state index contributed by atoms with van der Waals surface area (Å²) in [5.41, 5.74) is 3.12. The van der Waals surface area contributed by atoms with Gasteiger partial charge in [-0.25, -0.2) is 0 Å². The van der Waals surface area contributed by atoms with Crippen LogP contribution in [0.3, 0.4) is 0 Å². The predicted octanol–water partition coefficient (Wildman–Crippen LogP) is 4.86. The predicted molar refractivity (Wildman–Crippen MR) is 140 cm³/mol. The summed E-state index contributed by atoms with van der Waals surface area (Å²) < 4.78 is 32.9. The van der Waals surface area contributed by atoms with Crippen molar-refractivity contribution in [2.45, 2.75) is 81.0 Å². The maximum Gasteiger partial charge on any atom is 0.206 e. The van der Waals surface area contributed by atoms with Gasteiger partial charge in [0.15, 0.2) is 17.6 Å². The smallest absolute Gasteiger partial charge is 0.206 e. The van der Waals surface area contributed by atoms with Crippen molar-refractivity contribution in [3.05, 3.63) is 59.2 Å². The summed E-state index contributed by atoms with van der Waals surface area (Å²) in [6, 6.07) is 15.0. The third-order valence-electron chi connectivity index (χ3n) is 10.0. The molecule has 2 heterocycles. The number of benzene rings is 2. The number of ether oxygens (including phenoxy) is 5. The lowest BCUT2D eigenvalue weighted by molar-refractivity contribution is -0.326. The van der Waals surface area contributed by atoms with Crippen LogP contribution < -0.4 is 9.47 Å². The number of piperidine rings is 1. The van der Waals surface area contributed by atoms with Crippen molar-refractivity contribution < 1.29 is 23.7 Å². The maximum atomic E-state index is 7.02. The van der Waals surface area contributed by atoms with E-state index in [0.29, 0.717) is 19.3 Å². The molecule has 0 amide bonds. The molecule has 2 saturated carbocycles. The summed E-state index contributed by atoms with van der Waals surface area (Å²) in [6.45, 7) is 5.56. The summed E-state index contributed by atoms with van der Waals surface area (Å²) in [4.78, 5) is 2.75. The van der Waals surface area contributed by atoms with E-state index in [1.807, 2.05) is 18.2 Å². The van der Waals surface area contributed by atoms with E-state index in [4.69, 9.17) is 23.7 Å². The van der Waals surface area contributed by atoms with Crippen molar-refractivity contribution in [3.8, 4) is 11.5 Å². The van der Waals surface area contributed by atoms with E-state index in [1.165, 1.54) is 30.5 Å². The zero-order chi connectivity index (χ0) is 25.3. The Morgan fingerprint density at radius 1 is 1.00 bits per heavy atom. The second-order valence-electron chi connectivity index (χ2n) is 11.6. The molecule has 6 nitrogen and oxygen atoms in total. The second kappa shape index (κ2) is 8.70. The number of rotatable bonds is 9. The zero-order valence-electron chi connectivity index (χ0n) is 22.3. The van der Waals surface area contributed by atoms with Gasteiger partial charge in [0.05, 0.1) is 11.0 Å². The van der Waals surface area contributed by atoms with Crippen LogP contribution in [0.5, 0.6) is 11.5 Å². The molecule has 6 heteroatoms. The molecule has 0 unspecified atom stereocenters. The average molecular weight is 506 g/mol. The summed E-state index contributed by atoms with van der Waals surface area (Å²) in [5, 5.41) is 0. The SMILES string of the molecule is CCO[C@@]12CCC(OC)(OC)[C@@H]3Oc4c(OCc5ccccc5)ccc5c4[C@@]31CCN(CC1CC1)[C@@H]2C5. The first kappa shape index (κ1) is 24.0. The van der Waals surface area contributed by atoms with E-state index >= 15 is 0 Å². The summed E-state index contributed by atoms with van der Waals surface area (Å²) >= 11 is 0. The standard InChI is InChI=1S/C31H39NO5/c1-4-36-30-14-15-31(33-2,34-3)28-29(30)16-17-32(19-21-10-11-21)25(30)18-23-12-13-24(27(37-28)26(23)29)35-20-22-8-6-5-7-9-22/h5-9,12-13,21,25,28H,4,10-11,14-20H2,1-3H3/t25-,28-,29+,30-/m1/s1. The normalized spacial score (nSPS) is 33.1. The maximum absolute atomic E-state index is 7.02. The zero-order valence-corrected chi connectivity index (χ0v) is 22.3. The van der Waals surface area contributed by atoms with Crippen LogP contribution in [0.25, 0.3) is 0 Å². The van der Waals surface area contributed by atoms with Crippen LogP contribution in [-0.2, 0) is 32.7 Å². The van der Waals surface area contributed by atoms with Gasteiger partial charge in [-0.15, -0.1) is 0 Å². The van der Waals surface area contributed by atoms with Crippen LogP contribution in [0.2, 0.25) is 0 Å². The van der Waals surface area contributed by atoms with Gasteiger partial charge in [-0.1, -0.05) is 36.4 Å². The fraction of sp³-hybridized carbons (Fsp3) is 0.613. The number of nitrogens with zero attached hydrogens (tertiary/aromatic N) is 1. The number of hydrogen-bond donors (Lipinski definition) is 0. The molecule has 2 aromatic carbocycles. The second-order valence-corrected chi connectivity index (χ2v) is 11.6. The van der Waals surface area contributed by atoms with Gasteiger partial charge in [-0.2, -0.15) is 0 Å². The first-order valence-corrected chi connectivity index (χ1v) is 14.1. The molecule has 5 aliphatic rings. The molecule has 1 saturated heterocycles. The lowest BCUT2D eigenvalue weighted by atomic mass is 9.48. The first-order chi connectivity index (χ1) is 18.1. The highest BCUT2D eigenvalue weighted by Crippen LogP contribution is 2.69. The lowest BCUT2D eigenvalue weighted by Gasteiger charge is -2.67. The highest BCUT2D eigenvalue weighted by molar-refractivity contribution is 5.63. The molecule has 2 bridgehead atoms. The quantitative estimate of drug-likeness (QED) is 0.454. The molecule has 0 N–H and O–H groups in total. The van der Waals surface area contributed by atoms with E-state index in [9.17, 15) is 0 Å². The van der Waals surface area contributed by atoms with Crippen molar-refractivity contribution >= 4 is 0 Å². The third kappa shape index (κ3) is 3.25. The van der Waals surface area contributed by atoms with Crippen LogP contribution in [-0.4, -0.2) is 62.3 Å². The molecular formula is C31H39NO5. The molecule has 2 aromatic rings. The van der Waals surface area contributed by atoms with Gasteiger partial charge in [0, 0.05) is 45.4 Å². The highest BCUT2D eigenvalue weighted by Gasteiger charge is 2.77. The van der Waals surface area contributed by atoms with Gasteiger partial charge in [-0.3, -0.25) is 4.90 Å². The molecular weight excluding hydrogens is 466 g/mol. The van der Waals surface area contributed by atoms with Gasteiger partial charge in [-0.05, 0) is 68.7 Å². The Balaban J connectivity index is 1.38. The lowest BCUT2D eigenvalue weighted by Crippen LogP contribution is -2.80. The Morgan fingerprint density at radius 2 is 1.81 bits per heavy atom. The van der Waals surface area contributed by atoms with E-state index in [1.54, 1.807) is 14.2 Å². The molecule has 3 aliphatic carbocycles. The minimum Gasteiger partial charge on any atom is -0.485 e. The molecule has 7 rings (SSSR count).